The number of hydrogen-bond donors (Lipinski definition) is 1. The first kappa shape index (κ1) is 16.3. The van der Waals surface area contributed by atoms with Crippen molar-refractivity contribution in [1.82, 2.24) is 9.38 Å². The van der Waals surface area contributed by atoms with Gasteiger partial charge in [0.15, 0.2) is 4.96 Å². The maximum Gasteiger partial charge on any atom is 0.309 e. The molecule has 0 aliphatic heterocycles. The molecular formula is C20H22N2O2S. The first-order valence-electron chi connectivity index (χ1n) is 8.75. The molecule has 1 atom stereocenters. The number of aryl methyl sites for hydroxylation is 3. The summed E-state index contributed by atoms with van der Waals surface area (Å²) < 4.78 is 2.13. The molecule has 2 aromatic heterocycles. The molecule has 0 amide bonds. The SMILES string of the molecule is Cc1ccc(-c2nc3sc4c(n3c2CC(=O)O)CCC(C)C4)cc1C. The number of carbonyl (C=O) groups is 1. The minimum Gasteiger partial charge on any atom is -0.481 e. The smallest absolute Gasteiger partial charge is 0.309 e. The predicted molar refractivity (Wildman–Crippen MR) is 101 cm³/mol. The number of fused-ring (bicyclic) bond motifs is 3. The zero-order chi connectivity index (χ0) is 17.7. The number of rotatable bonds is 3. The normalized spacial score (nSPS) is 17.0. The van der Waals surface area contributed by atoms with Crippen LogP contribution in [0.2, 0.25) is 0 Å². The highest BCUT2D eigenvalue weighted by atomic mass is 32.1. The average molecular weight is 354 g/mol. The lowest BCUT2D eigenvalue weighted by atomic mass is 9.93. The van der Waals surface area contributed by atoms with E-state index in [0.717, 1.165) is 41.2 Å². The third kappa shape index (κ3) is 2.76. The quantitative estimate of drug-likeness (QED) is 0.757. The van der Waals surface area contributed by atoms with Crippen LogP contribution in [0.15, 0.2) is 18.2 Å². The van der Waals surface area contributed by atoms with E-state index in [2.05, 4.69) is 43.4 Å². The highest BCUT2D eigenvalue weighted by Gasteiger charge is 2.26. The summed E-state index contributed by atoms with van der Waals surface area (Å²) in [5.74, 6) is -0.117. The molecular weight excluding hydrogens is 332 g/mol. The Labute approximate surface area is 151 Å². The molecule has 1 aliphatic carbocycles. The van der Waals surface area contributed by atoms with Crippen molar-refractivity contribution in [1.29, 1.82) is 0 Å². The van der Waals surface area contributed by atoms with Gasteiger partial charge in [0.1, 0.15) is 0 Å². The highest BCUT2D eigenvalue weighted by Crippen LogP contribution is 2.37. The van der Waals surface area contributed by atoms with Crippen molar-refractivity contribution in [2.24, 2.45) is 5.92 Å². The second-order valence-corrected chi connectivity index (χ2v) is 8.28. The van der Waals surface area contributed by atoms with Crippen molar-refractivity contribution in [3.05, 3.63) is 45.6 Å². The van der Waals surface area contributed by atoms with Crippen LogP contribution in [0.3, 0.4) is 0 Å². The maximum atomic E-state index is 11.5. The Kier molecular flexibility index (Phi) is 3.91. The summed E-state index contributed by atoms with van der Waals surface area (Å²) in [5.41, 5.74) is 6.35. The Morgan fingerprint density at radius 2 is 2.16 bits per heavy atom. The lowest BCUT2D eigenvalue weighted by Crippen LogP contribution is -2.13. The molecule has 1 aliphatic rings. The Bertz CT molecular complexity index is 983. The van der Waals surface area contributed by atoms with Crippen molar-refractivity contribution in [3.8, 4) is 11.3 Å². The number of nitrogens with zero attached hydrogens (tertiary/aromatic N) is 2. The Morgan fingerprint density at radius 1 is 1.36 bits per heavy atom. The van der Waals surface area contributed by atoms with Gasteiger partial charge in [-0.2, -0.15) is 0 Å². The van der Waals surface area contributed by atoms with E-state index in [1.54, 1.807) is 11.3 Å². The van der Waals surface area contributed by atoms with Crippen LogP contribution < -0.4 is 0 Å². The van der Waals surface area contributed by atoms with E-state index in [0.29, 0.717) is 5.92 Å². The molecule has 0 spiro atoms. The van der Waals surface area contributed by atoms with Crippen molar-refractivity contribution in [3.63, 3.8) is 0 Å². The van der Waals surface area contributed by atoms with Crippen LogP contribution in [-0.2, 0) is 24.1 Å². The molecule has 1 aromatic carbocycles. The number of benzene rings is 1. The van der Waals surface area contributed by atoms with Gasteiger partial charge in [-0.1, -0.05) is 19.1 Å². The van der Waals surface area contributed by atoms with Gasteiger partial charge in [0.05, 0.1) is 17.8 Å². The van der Waals surface area contributed by atoms with Crippen LogP contribution in [0.1, 0.15) is 40.7 Å². The van der Waals surface area contributed by atoms with Gasteiger partial charge >= 0.3 is 5.97 Å². The van der Waals surface area contributed by atoms with Crippen LogP contribution >= 0.6 is 11.3 Å². The number of hydrogen-bond acceptors (Lipinski definition) is 3. The van der Waals surface area contributed by atoms with Crippen LogP contribution in [0, 0.1) is 19.8 Å². The predicted octanol–water partition coefficient (Wildman–Crippen LogP) is 4.43. The van der Waals surface area contributed by atoms with Gasteiger partial charge in [-0.3, -0.25) is 9.20 Å². The summed E-state index contributed by atoms with van der Waals surface area (Å²) in [4.78, 5) is 18.7. The molecule has 2 heterocycles. The molecule has 4 nitrogen and oxygen atoms in total. The molecule has 0 bridgehead atoms. The summed E-state index contributed by atoms with van der Waals surface area (Å²) in [6.45, 7) is 6.45. The molecule has 130 valence electrons. The van der Waals surface area contributed by atoms with E-state index < -0.39 is 5.97 Å². The number of aromatic nitrogens is 2. The number of carboxylic acids is 1. The fourth-order valence-electron chi connectivity index (χ4n) is 3.71. The number of imidazole rings is 1. The topological polar surface area (TPSA) is 54.6 Å². The van der Waals surface area contributed by atoms with Gasteiger partial charge < -0.3 is 5.11 Å². The number of thiazole rings is 1. The summed E-state index contributed by atoms with van der Waals surface area (Å²) >= 11 is 1.73. The van der Waals surface area contributed by atoms with Crippen molar-refractivity contribution in [2.75, 3.05) is 0 Å². The third-order valence-electron chi connectivity index (χ3n) is 5.26. The minimum atomic E-state index is -0.809. The van der Waals surface area contributed by atoms with Gasteiger partial charge in [0.2, 0.25) is 0 Å². The third-order valence-corrected chi connectivity index (χ3v) is 6.36. The van der Waals surface area contributed by atoms with E-state index >= 15 is 0 Å². The van der Waals surface area contributed by atoms with Gasteiger partial charge in [-0.05, 0) is 56.2 Å². The minimum absolute atomic E-state index is 0.00213. The molecule has 3 aromatic rings. The first-order chi connectivity index (χ1) is 11.9. The summed E-state index contributed by atoms with van der Waals surface area (Å²) in [5, 5.41) is 9.46. The maximum absolute atomic E-state index is 11.5. The number of aliphatic carboxylic acids is 1. The lowest BCUT2D eigenvalue weighted by molar-refractivity contribution is -0.136. The van der Waals surface area contributed by atoms with Crippen molar-refractivity contribution >= 4 is 22.3 Å². The molecule has 0 saturated heterocycles. The summed E-state index contributed by atoms with van der Waals surface area (Å²) in [7, 11) is 0. The molecule has 1 N–H and O–H groups in total. The molecule has 5 heteroatoms. The van der Waals surface area contributed by atoms with E-state index in [1.807, 2.05) is 0 Å². The van der Waals surface area contributed by atoms with Crippen molar-refractivity contribution in [2.45, 2.75) is 46.5 Å². The Morgan fingerprint density at radius 3 is 2.88 bits per heavy atom. The standard InChI is InChI=1S/C20H22N2O2S/c1-11-4-7-15-17(8-11)25-20-21-19(16(22(15)20)10-18(23)24)14-6-5-12(2)13(3)9-14/h5-6,9,11H,4,7-8,10H2,1-3H3,(H,23,24). The fraction of sp³-hybridized carbons (Fsp3) is 0.400. The Hall–Kier alpha value is -2.14. The first-order valence-corrected chi connectivity index (χ1v) is 9.57. The van der Waals surface area contributed by atoms with Crippen LogP contribution in [0.5, 0.6) is 0 Å². The molecule has 25 heavy (non-hydrogen) atoms. The average Bonchev–Trinajstić information content (AvgIpc) is 3.06. The zero-order valence-corrected chi connectivity index (χ0v) is 15.6. The van der Waals surface area contributed by atoms with Crippen molar-refractivity contribution < 1.29 is 9.90 Å². The van der Waals surface area contributed by atoms with Crippen LogP contribution in [-0.4, -0.2) is 20.5 Å². The van der Waals surface area contributed by atoms with E-state index in [4.69, 9.17) is 4.98 Å². The molecule has 0 fully saturated rings. The van der Waals surface area contributed by atoms with E-state index in [1.165, 1.54) is 21.7 Å². The van der Waals surface area contributed by atoms with Gasteiger partial charge in [-0.25, -0.2) is 4.98 Å². The second kappa shape index (κ2) is 5.99. The second-order valence-electron chi connectivity index (χ2n) is 7.21. The van der Waals surface area contributed by atoms with Gasteiger partial charge in [-0.15, -0.1) is 11.3 Å². The lowest BCUT2D eigenvalue weighted by Gasteiger charge is -2.18. The number of carboxylic acid groups (broad SMARTS) is 1. The molecule has 0 radical (unpaired) electrons. The summed E-state index contributed by atoms with van der Waals surface area (Å²) in [6.07, 6.45) is 3.24. The fourth-order valence-corrected chi connectivity index (χ4v) is 5.06. The zero-order valence-electron chi connectivity index (χ0n) is 14.8. The molecule has 4 rings (SSSR count). The van der Waals surface area contributed by atoms with E-state index in [-0.39, 0.29) is 6.42 Å². The summed E-state index contributed by atoms with van der Waals surface area (Å²) in [6, 6.07) is 6.25. The van der Waals surface area contributed by atoms with Crippen LogP contribution in [0.4, 0.5) is 0 Å². The molecule has 1 unspecified atom stereocenters. The Balaban J connectivity index is 1.93. The monoisotopic (exact) mass is 354 g/mol. The van der Waals surface area contributed by atoms with Gasteiger partial charge in [0.25, 0.3) is 0 Å². The highest BCUT2D eigenvalue weighted by molar-refractivity contribution is 7.17. The molecule has 0 saturated carbocycles. The largest absolute Gasteiger partial charge is 0.481 e. The van der Waals surface area contributed by atoms with Crippen LogP contribution in [0.25, 0.3) is 16.2 Å². The van der Waals surface area contributed by atoms with E-state index in [9.17, 15) is 9.90 Å². The van der Waals surface area contributed by atoms with Gasteiger partial charge in [0, 0.05) is 16.1 Å².